The number of hydrogen-bond donors (Lipinski definition) is 2. The molecule has 19 heavy (non-hydrogen) atoms. The van der Waals surface area contributed by atoms with Crippen LogP contribution in [-0.2, 0) is 10.2 Å². The van der Waals surface area contributed by atoms with Gasteiger partial charge in [0.2, 0.25) is 5.91 Å². The zero-order valence-electron chi connectivity index (χ0n) is 10.8. The standard InChI is InChI=1S/C14H19ClN2O.ClH/c15-12-3-1-2-11(8-12)14(9-16)6-4-10(5-7-14)13(17)18;/h1-3,8,10H,4-7,9,16H2,(H2,17,18);1H. The van der Waals surface area contributed by atoms with Gasteiger partial charge in [0.15, 0.2) is 0 Å². The van der Waals surface area contributed by atoms with Gasteiger partial charge >= 0.3 is 0 Å². The van der Waals surface area contributed by atoms with Crippen molar-refractivity contribution in [2.75, 3.05) is 6.54 Å². The van der Waals surface area contributed by atoms with Crippen LogP contribution >= 0.6 is 24.0 Å². The zero-order valence-corrected chi connectivity index (χ0v) is 12.3. The van der Waals surface area contributed by atoms with Gasteiger partial charge in [-0.25, -0.2) is 0 Å². The van der Waals surface area contributed by atoms with E-state index in [1.807, 2.05) is 18.2 Å². The molecule has 1 saturated carbocycles. The normalized spacial score (nSPS) is 26.5. The third-order valence-corrected chi connectivity index (χ3v) is 4.41. The summed E-state index contributed by atoms with van der Waals surface area (Å²) >= 11 is 6.05. The minimum absolute atomic E-state index is 0. The van der Waals surface area contributed by atoms with Crippen molar-refractivity contribution in [3.8, 4) is 0 Å². The number of rotatable bonds is 3. The molecule has 0 aromatic heterocycles. The molecule has 5 heteroatoms. The first kappa shape index (κ1) is 16.3. The predicted molar refractivity (Wildman–Crippen MR) is 80.6 cm³/mol. The van der Waals surface area contributed by atoms with Crippen LogP contribution in [0.4, 0.5) is 0 Å². The van der Waals surface area contributed by atoms with E-state index in [2.05, 4.69) is 6.07 Å². The fourth-order valence-electron chi connectivity index (χ4n) is 2.88. The maximum atomic E-state index is 11.2. The summed E-state index contributed by atoms with van der Waals surface area (Å²) in [5.74, 6) is -0.185. The number of carbonyl (C=O) groups excluding carboxylic acids is 1. The van der Waals surface area contributed by atoms with E-state index in [9.17, 15) is 4.79 Å². The Bertz CT molecular complexity index is 443. The molecular formula is C14H20Cl2N2O. The van der Waals surface area contributed by atoms with Crippen molar-refractivity contribution >= 4 is 29.9 Å². The van der Waals surface area contributed by atoms with Crippen LogP contribution in [0.2, 0.25) is 5.02 Å². The fourth-order valence-corrected chi connectivity index (χ4v) is 3.07. The van der Waals surface area contributed by atoms with E-state index < -0.39 is 0 Å². The molecule has 1 amide bonds. The molecule has 0 radical (unpaired) electrons. The van der Waals surface area contributed by atoms with Gasteiger partial charge in [0.25, 0.3) is 0 Å². The van der Waals surface area contributed by atoms with E-state index in [1.54, 1.807) is 0 Å². The van der Waals surface area contributed by atoms with Crippen LogP contribution in [0.1, 0.15) is 31.2 Å². The molecule has 0 atom stereocenters. The van der Waals surface area contributed by atoms with E-state index >= 15 is 0 Å². The van der Waals surface area contributed by atoms with Gasteiger partial charge in [0, 0.05) is 22.9 Å². The molecule has 1 aliphatic carbocycles. The zero-order chi connectivity index (χ0) is 13.2. The van der Waals surface area contributed by atoms with E-state index in [1.165, 1.54) is 5.56 Å². The number of carbonyl (C=O) groups is 1. The van der Waals surface area contributed by atoms with Crippen molar-refractivity contribution in [1.82, 2.24) is 0 Å². The minimum atomic E-state index is -0.188. The van der Waals surface area contributed by atoms with E-state index in [0.29, 0.717) is 6.54 Å². The van der Waals surface area contributed by atoms with Crippen LogP contribution in [0.25, 0.3) is 0 Å². The molecule has 0 unspecified atom stereocenters. The van der Waals surface area contributed by atoms with Gasteiger partial charge in [0.1, 0.15) is 0 Å². The lowest BCUT2D eigenvalue weighted by atomic mass is 9.66. The summed E-state index contributed by atoms with van der Waals surface area (Å²) in [5, 5.41) is 0.734. The lowest BCUT2D eigenvalue weighted by Crippen LogP contribution is -2.41. The number of benzene rings is 1. The first-order chi connectivity index (χ1) is 8.57. The van der Waals surface area contributed by atoms with Crippen LogP contribution in [0.15, 0.2) is 24.3 Å². The first-order valence-electron chi connectivity index (χ1n) is 6.33. The van der Waals surface area contributed by atoms with Gasteiger partial charge in [0.05, 0.1) is 0 Å². The average Bonchev–Trinajstić information content (AvgIpc) is 2.38. The van der Waals surface area contributed by atoms with Crippen LogP contribution in [0.5, 0.6) is 0 Å². The summed E-state index contributed by atoms with van der Waals surface area (Å²) in [6.07, 6.45) is 3.44. The van der Waals surface area contributed by atoms with Gasteiger partial charge in [-0.3, -0.25) is 4.79 Å². The highest BCUT2D eigenvalue weighted by atomic mass is 35.5. The smallest absolute Gasteiger partial charge is 0.220 e. The highest BCUT2D eigenvalue weighted by Gasteiger charge is 2.37. The number of halogens is 2. The fraction of sp³-hybridized carbons (Fsp3) is 0.500. The minimum Gasteiger partial charge on any atom is -0.369 e. The highest BCUT2D eigenvalue weighted by Crippen LogP contribution is 2.41. The topological polar surface area (TPSA) is 69.1 Å². The summed E-state index contributed by atoms with van der Waals surface area (Å²) in [5.41, 5.74) is 12.5. The van der Waals surface area contributed by atoms with E-state index in [-0.39, 0.29) is 29.6 Å². The van der Waals surface area contributed by atoms with Crippen LogP contribution in [0, 0.1) is 5.92 Å². The first-order valence-corrected chi connectivity index (χ1v) is 6.71. The predicted octanol–water partition coefficient (Wildman–Crippen LogP) is 2.63. The molecule has 0 heterocycles. The molecule has 0 saturated heterocycles. The second-order valence-corrected chi connectivity index (χ2v) is 5.61. The van der Waals surface area contributed by atoms with Crippen molar-refractivity contribution in [2.24, 2.45) is 17.4 Å². The Balaban J connectivity index is 0.00000180. The lowest BCUT2D eigenvalue weighted by molar-refractivity contribution is -0.123. The molecule has 0 bridgehead atoms. The molecule has 0 aliphatic heterocycles. The Kier molecular flexibility index (Phi) is 5.65. The average molecular weight is 303 g/mol. The van der Waals surface area contributed by atoms with Crippen LogP contribution in [0.3, 0.4) is 0 Å². The number of nitrogens with two attached hydrogens (primary N) is 2. The van der Waals surface area contributed by atoms with Gasteiger partial charge in [-0.05, 0) is 43.4 Å². The SMILES string of the molecule is Cl.NCC1(c2cccc(Cl)c2)CCC(C(N)=O)CC1. The molecule has 4 N–H and O–H groups in total. The van der Waals surface area contributed by atoms with Gasteiger partial charge in [-0.2, -0.15) is 0 Å². The third kappa shape index (κ3) is 3.41. The van der Waals surface area contributed by atoms with Gasteiger partial charge in [-0.1, -0.05) is 23.7 Å². The Morgan fingerprint density at radius 3 is 2.47 bits per heavy atom. The Morgan fingerprint density at radius 2 is 2.00 bits per heavy atom. The lowest BCUT2D eigenvalue weighted by Gasteiger charge is -2.39. The maximum Gasteiger partial charge on any atom is 0.220 e. The maximum absolute atomic E-state index is 11.2. The van der Waals surface area contributed by atoms with Crippen molar-refractivity contribution in [1.29, 1.82) is 0 Å². The quantitative estimate of drug-likeness (QED) is 0.901. The molecule has 1 aliphatic rings. The Hall–Kier alpha value is -0.770. The van der Waals surface area contributed by atoms with Crippen LogP contribution in [-0.4, -0.2) is 12.5 Å². The molecule has 1 fully saturated rings. The molecule has 1 aromatic rings. The summed E-state index contributed by atoms with van der Waals surface area (Å²) in [6.45, 7) is 0.582. The molecule has 106 valence electrons. The van der Waals surface area contributed by atoms with Crippen molar-refractivity contribution < 1.29 is 4.79 Å². The molecule has 0 spiro atoms. The second-order valence-electron chi connectivity index (χ2n) is 5.17. The van der Waals surface area contributed by atoms with Gasteiger partial charge in [-0.15, -0.1) is 12.4 Å². The summed E-state index contributed by atoms with van der Waals surface area (Å²) in [6, 6.07) is 7.88. The van der Waals surface area contributed by atoms with Crippen molar-refractivity contribution in [3.63, 3.8) is 0 Å². The number of amides is 1. The second kappa shape index (κ2) is 6.60. The van der Waals surface area contributed by atoms with E-state index in [4.69, 9.17) is 23.1 Å². The number of primary amides is 1. The Morgan fingerprint density at radius 1 is 1.37 bits per heavy atom. The molecule has 1 aromatic carbocycles. The third-order valence-electron chi connectivity index (χ3n) is 4.17. The molecule has 2 rings (SSSR count). The summed E-state index contributed by atoms with van der Waals surface area (Å²) < 4.78 is 0. The summed E-state index contributed by atoms with van der Waals surface area (Å²) in [7, 11) is 0. The molecule has 3 nitrogen and oxygen atoms in total. The summed E-state index contributed by atoms with van der Waals surface area (Å²) in [4.78, 5) is 11.2. The highest BCUT2D eigenvalue weighted by molar-refractivity contribution is 6.30. The van der Waals surface area contributed by atoms with Gasteiger partial charge < -0.3 is 11.5 Å². The number of hydrogen-bond acceptors (Lipinski definition) is 2. The monoisotopic (exact) mass is 302 g/mol. The largest absolute Gasteiger partial charge is 0.369 e. The Labute approximate surface area is 125 Å². The molecular weight excluding hydrogens is 283 g/mol. The van der Waals surface area contributed by atoms with E-state index in [0.717, 1.165) is 30.7 Å². The van der Waals surface area contributed by atoms with Crippen molar-refractivity contribution in [2.45, 2.75) is 31.1 Å². The van der Waals surface area contributed by atoms with Crippen LogP contribution < -0.4 is 11.5 Å². The van der Waals surface area contributed by atoms with Crippen molar-refractivity contribution in [3.05, 3.63) is 34.9 Å².